The van der Waals surface area contributed by atoms with E-state index in [9.17, 15) is 0 Å². The lowest BCUT2D eigenvalue weighted by Gasteiger charge is -2.12. The van der Waals surface area contributed by atoms with E-state index in [4.69, 9.17) is 17.0 Å². The molecule has 1 aliphatic rings. The molecule has 0 bridgehead atoms. The molecule has 0 unspecified atom stereocenters. The highest BCUT2D eigenvalue weighted by Gasteiger charge is 2.18. The van der Waals surface area contributed by atoms with Crippen LogP contribution in [0.3, 0.4) is 0 Å². The first-order valence-electron chi connectivity index (χ1n) is 9.07. The second-order valence-corrected chi connectivity index (χ2v) is 6.80. The summed E-state index contributed by atoms with van der Waals surface area (Å²) < 4.78 is 8.60. The number of nitrogens with zero attached hydrogens (tertiary/aromatic N) is 2. The van der Waals surface area contributed by atoms with Crippen LogP contribution in [0.15, 0.2) is 0 Å². The van der Waals surface area contributed by atoms with Gasteiger partial charge in [0.1, 0.15) is 5.82 Å². The second-order valence-electron chi connectivity index (χ2n) is 6.42. The van der Waals surface area contributed by atoms with E-state index >= 15 is 0 Å². The van der Waals surface area contributed by atoms with Crippen LogP contribution in [-0.2, 0) is 17.7 Å². The lowest BCUT2D eigenvalue weighted by Crippen LogP contribution is -2.17. The first kappa shape index (κ1) is 17.7. The van der Waals surface area contributed by atoms with Gasteiger partial charge in [0.15, 0.2) is 4.77 Å². The minimum Gasteiger partial charge on any atom is -0.376 e. The minimum absolute atomic E-state index is 0.321. The number of H-pyrrole nitrogens is 1. The largest absolute Gasteiger partial charge is 0.376 e. The number of aryl methyl sites for hydroxylation is 1. The van der Waals surface area contributed by atoms with Gasteiger partial charge in [-0.2, -0.15) is 5.10 Å². The molecule has 1 aliphatic heterocycles. The molecule has 0 aromatic carbocycles. The van der Waals surface area contributed by atoms with E-state index < -0.39 is 0 Å². The van der Waals surface area contributed by atoms with Crippen molar-refractivity contribution in [1.29, 1.82) is 0 Å². The van der Waals surface area contributed by atoms with Gasteiger partial charge in [0.2, 0.25) is 0 Å². The zero-order valence-corrected chi connectivity index (χ0v) is 14.8. The Labute approximate surface area is 139 Å². The van der Waals surface area contributed by atoms with Crippen LogP contribution in [0.4, 0.5) is 0 Å². The lowest BCUT2D eigenvalue weighted by atomic mass is 10.1. The van der Waals surface area contributed by atoms with Gasteiger partial charge in [0, 0.05) is 13.0 Å². The zero-order chi connectivity index (χ0) is 15.6. The number of ether oxygens (including phenoxy) is 1. The fourth-order valence-electron chi connectivity index (χ4n) is 3.14. The summed E-state index contributed by atoms with van der Waals surface area (Å²) in [5.74, 6) is 1.10. The van der Waals surface area contributed by atoms with Crippen molar-refractivity contribution in [3.63, 3.8) is 0 Å². The number of hydrogen-bond acceptors (Lipinski definition) is 3. The van der Waals surface area contributed by atoms with Crippen LogP contribution < -0.4 is 0 Å². The fraction of sp³-hybridized carbons (Fsp3) is 0.882. The summed E-state index contributed by atoms with van der Waals surface area (Å²) in [7, 11) is 0. The highest BCUT2D eigenvalue weighted by Crippen LogP contribution is 2.16. The Bertz CT molecular complexity index is 463. The van der Waals surface area contributed by atoms with Gasteiger partial charge in [-0.3, -0.25) is 5.10 Å². The van der Waals surface area contributed by atoms with Crippen LogP contribution in [0.5, 0.6) is 0 Å². The SMILES string of the molecule is CCCCCCCCCCc1n[nH]c(=S)n1C[C@@H]1CCCO1. The minimum atomic E-state index is 0.321. The summed E-state index contributed by atoms with van der Waals surface area (Å²) in [6, 6.07) is 0. The zero-order valence-electron chi connectivity index (χ0n) is 14.0. The summed E-state index contributed by atoms with van der Waals surface area (Å²) in [4.78, 5) is 0. The van der Waals surface area contributed by atoms with Gasteiger partial charge in [-0.15, -0.1) is 0 Å². The molecule has 2 heterocycles. The van der Waals surface area contributed by atoms with Crippen LogP contribution >= 0.6 is 12.2 Å². The molecule has 1 N–H and O–H groups in total. The molecule has 5 heteroatoms. The molecule has 0 aliphatic carbocycles. The summed E-state index contributed by atoms with van der Waals surface area (Å²) >= 11 is 5.36. The fourth-order valence-corrected chi connectivity index (χ4v) is 3.36. The van der Waals surface area contributed by atoms with Crippen molar-refractivity contribution < 1.29 is 4.74 Å². The predicted octanol–water partition coefficient (Wildman–Crippen LogP) is 4.80. The van der Waals surface area contributed by atoms with E-state index in [1.165, 1.54) is 57.8 Å². The first-order chi connectivity index (χ1) is 10.8. The smallest absolute Gasteiger partial charge is 0.195 e. The van der Waals surface area contributed by atoms with Crippen molar-refractivity contribution in [1.82, 2.24) is 14.8 Å². The van der Waals surface area contributed by atoms with Crippen molar-refractivity contribution in [2.45, 2.75) is 90.2 Å². The maximum Gasteiger partial charge on any atom is 0.195 e. The Balaban J connectivity index is 1.66. The summed E-state index contributed by atoms with van der Waals surface area (Å²) in [5, 5.41) is 7.35. The Hall–Kier alpha value is -0.680. The number of hydrogen-bond donors (Lipinski definition) is 1. The first-order valence-corrected chi connectivity index (χ1v) is 9.47. The highest BCUT2D eigenvalue weighted by atomic mass is 32.1. The topological polar surface area (TPSA) is 42.8 Å². The number of nitrogens with one attached hydrogen (secondary N) is 1. The molecule has 126 valence electrons. The van der Waals surface area contributed by atoms with E-state index in [1.54, 1.807) is 0 Å². The maximum atomic E-state index is 5.72. The van der Waals surface area contributed by atoms with Gasteiger partial charge < -0.3 is 9.30 Å². The third-order valence-electron chi connectivity index (χ3n) is 4.50. The van der Waals surface area contributed by atoms with Crippen LogP contribution in [0.25, 0.3) is 0 Å². The van der Waals surface area contributed by atoms with Crippen molar-refractivity contribution in [2.24, 2.45) is 0 Å². The van der Waals surface area contributed by atoms with E-state index in [1.807, 2.05) is 0 Å². The third kappa shape index (κ3) is 5.84. The maximum absolute atomic E-state index is 5.72. The molecule has 1 fully saturated rings. The molecular weight excluding hydrogens is 294 g/mol. The Morgan fingerprint density at radius 2 is 1.91 bits per heavy atom. The quantitative estimate of drug-likeness (QED) is 0.469. The van der Waals surface area contributed by atoms with Crippen LogP contribution in [0, 0.1) is 4.77 Å². The molecule has 1 aromatic rings. The standard InChI is InChI=1S/C17H31N3OS/c1-2-3-4-5-6-7-8-9-12-16-18-19-17(22)20(16)14-15-11-10-13-21-15/h15H,2-14H2,1H3,(H,19,22)/t15-/m0/s1. The summed E-state index contributed by atoms with van der Waals surface area (Å²) in [5.41, 5.74) is 0. The summed E-state index contributed by atoms with van der Waals surface area (Å²) in [6.45, 7) is 4.02. The van der Waals surface area contributed by atoms with Crippen molar-refractivity contribution >= 4 is 12.2 Å². The van der Waals surface area contributed by atoms with Crippen LogP contribution in [0.2, 0.25) is 0 Å². The van der Waals surface area contributed by atoms with Gasteiger partial charge in [-0.1, -0.05) is 51.9 Å². The van der Waals surface area contributed by atoms with Crippen LogP contribution in [0.1, 0.15) is 77.0 Å². The van der Waals surface area contributed by atoms with Gasteiger partial charge in [0.05, 0.1) is 12.6 Å². The molecule has 0 radical (unpaired) electrons. The van der Waals surface area contributed by atoms with Gasteiger partial charge in [0.25, 0.3) is 0 Å². The van der Waals surface area contributed by atoms with Crippen LogP contribution in [-0.4, -0.2) is 27.5 Å². The molecule has 0 amide bonds. The molecule has 0 spiro atoms. The van der Waals surface area contributed by atoms with E-state index in [0.717, 1.165) is 36.6 Å². The third-order valence-corrected chi connectivity index (χ3v) is 4.81. The van der Waals surface area contributed by atoms with Gasteiger partial charge in [-0.25, -0.2) is 0 Å². The second kappa shape index (κ2) is 10.2. The van der Waals surface area contributed by atoms with E-state index in [-0.39, 0.29) is 0 Å². The number of aromatic amines is 1. The average Bonchev–Trinajstić information content (AvgIpc) is 3.14. The lowest BCUT2D eigenvalue weighted by molar-refractivity contribution is 0.0958. The van der Waals surface area contributed by atoms with E-state index in [2.05, 4.69) is 21.7 Å². The highest BCUT2D eigenvalue weighted by molar-refractivity contribution is 7.71. The molecular formula is C17H31N3OS. The predicted molar refractivity (Wildman–Crippen MR) is 92.7 cm³/mol. The molecule has 2 rings (SSSR count). The van der Waals surface area contributed by atoms with E-state index in [0.29, 0.717) is 6.10 Å². The molecule has 1 aromatic heterocycles. The monoisotopic (exact) mass is 325 g/mol. The Morgan fingerprint density at radius 3 is 2.59 bits per heavy atom. The molecule has 0 saturated carbocycles. The molecule has 1 atom stereocenters. The number of aromatic nitrogens is 3. The Morgan fingerprint density at radius 1 is 1.18 bits per heavy atom. The van der Waals surface area contributed by atoms with Crippen molar-refractivity contribution in [2.75, 3.05) is 6.61 Å². The molecule has 22 heavy (non-hydrogen) atoms. The number of rotatable bonds is 11. The number of unbranched alkanes of at least 4 members (excludes halogenated alkanes) is 7. The Kier molecular flexibility index (Phi) is 8.16. The van der Waals surface area contributed by atoms with Gasteiger partial charge in [-0.05, 0) is 31.5 Å². The normalized spacial score (nSPS) is 18.1. The molecule has 4 nitrogen and oxygen atoms in total. The van der Waals surface area contributed by atoms with Crippen molar-refractivity contribution in [3.05, 3.63) is 10.6 Å². The molecule has 1 saturated heterocycles. The summed E-state index contributed by atoms with van der Waals surface area (Å²) in [6.07, 6.45) is 14.4. The average molecular weight is 326 g/mol. The van der Waals surface area contributed by atoms with Crippen molar-refractivity contribution in [3.8, 4) is 0 Å². The van der Waals surface area contributed by atoms with Gasteiger partial charge >= 0.3 is 0 Å².